The third-order valence-electron chi connectivity index (χ3n) is 2.60. The molecule has 0 radical (unpaired) electrons. The van der Waals surface area contributed by atoms with E-state index in [0.29, 0.717) is 17.6 Å². The van der Waals surface area contributed by atoms with Crippen molar-refractivity contribution in [2.24, 2.45) is 7.05 Å². The summed E-state index contributed by atoms with van der Waals surface area (Å²) in [5, 5.41) is 3.18. The number of hydrogen-bond donors (Lipinski definition) is 1. The highest BCUT2D eigenvalue weighted by Gasteiger charge is 2.14. The Morgan fingerprint density at radius 1 is 1.50 bits per heavy atom. The maximum absolute atomic E-state index is 13.5. The van der Waals surface area contributed by atoms with Gasteiger partial charge in [0.15, 0.2) is 0 Å². The van der Waals surface area contributed by atoms with E-state index in [-0.39, 0.29) is 11.7 Å². The molecule has 0 aliphatic rings. The minimum Gasteiger partial charge on any atom is -0.351 e. The Morgan fingerprint density at radius 3 is 2.88 bits per heavy atom. The molecule has 0 atom stereocenters. The van der Waals surface area contributed by atoms with E-state index < -0.39 is 0 Å². The average Bonchev–Trinajstić information content (AvgIpc) is 2.59. The van der Waals surface area contributed by atoms with Crippen LogP contribution in [-0.4, -0.2) is 17.0 Å². The largest absolute Gasteiger partial charge is 0.351 e. The average molecular weight is 220 g/mol. The summed E-state index contributed by atoms with van der Waals surface area (Å²) >= 11 is 0. The van der Waals surface area contributed by atoms with E-state index in [0.717, 1.165) is 5.52 Å². The summed E-state index contributed by atoms with van der Waals surface area (Å²) in [6, 6.07) is 6.40. The number of carbonyl (C=O) groups excluding carboxylic acids is 1. The Kier molecular flexibility index (Phi) is 2.64. The first kappa shape index (κ1) is 10.7. The molecule has 3 nitrogen and oxygen atoms in total. The number of halogens is 1. The Bertz CT molecular complexity index is 545. The van der Waals surface area contributed by atoms with Crippen LogP contribution in [0.3, 0.4) is 0 Å². The molecule has 0 saturated heterocycles. The lowest BCUT2D eigenvalue weighted by atomic mass is 10.2. The Labute approximate surface area is 92.9 Å². The van der Waals surface area contributed by atoms with Crippen LogP contribution < -0.4 is 5.32 Å². The van der Waals surface area contributed by atoms with Gasteiger partial charge in [-0.15, -0.1) is 0 Å². The lowest BCUT2D eigenvalue weighted by molar-refractivity contribution is 0.0948. The number of aromatic nitrogens is 1. The van der Waals surface area contributed by atoms with Crippen molar-refractivity contribution < 1.29 is 9.18 Å². The fraction of sp³-hybridized carbons (Fsp3) is 0.250. The predicted octanol–water partition coefficient (Wildman–Crippen LogP) is 2.07. The van der Waals surface area contributed by atoms with Crippen LogP contribution in [0.15, 0.2) is 24.3 Å². The molecule has 1 heterocycles. The molecule has 2 aromatic rings. The van der Waals surface area contributed by atoms with Crippen molar-refractivity contribution in [2.75, 3.05) is 6.54 Å². The van der Waals surface area contributed by atoms with Crippen molar-refractivity contribution in [1.82, 2.24) is 9.88 Å². The summed E-state index contributed by atoms with van der Waals surface area (Å²) in [7, 11) is 1.76. The highest BCUT2D eigenvalue weighted by Crippen LogP contribution is 2.21. The maximum Gasteiger partial charge on any atom is 0.267 e. The molecule has 1 amide bonds. The van der Waals surface area contributed by atoms with Crippen LogP contribution in [-0.2, 0) is 7.05 Å². The standard InChI is InChI=1S/C12H13FN2O/c1-3-14-12(16)11-7-8-9(13)5-4-6-10(8)15(11)2/h4-7H,3H2,1-2H3,(H,14,16). The van der Waals surface area contributed by atoms with E-state index in [4.69, 9.17) is 0 Å². The summed E-state index contributed by atoms with van der Waals surface area (Å²) in [5.74, 6) is -0.482. The van der Waals surface area contributed by atoms with Gasteiger partial charge in [-0.25, -0.2) is 4.39 Å². The molecule has 84 valence electrons. The lowest BCUT2D eigenvalue weighted by Gasteiger charge is -2.03. The summed E-state index contributed by atoms with van der Waals surface area (Å²) in [6.45, 7) is 2.41. The van der Waals surface area contributed by atoms with Gasteiger partial charge >= 0.3 is 0 Å². The molecule has 1 aromatic carbocycles. The quantitative estimate of drug-likeness (QED) is 0.826. The van der Waals surface area contributed by atoms with Crippen LogP contribution in [0.5, 0.6) is 0 Å². The summed E-state index contributed by atoms with van der Waals surface area (Å²) < 4.78 is 15.2. The molecule has 16 heavy (non-hydrogen) atoms. The van der Waals surface area contributed by atoms with Crippen molar-refractivity contribution in [1.29, 1.82) is 0 Å². The fourth-order valence-corrected chi connectivity index (χ4v) is 1.79. The number of fused-ring (bicyclic) bond motifs is 1. The molecular formula is C12H13FN2O. The maximum atomic E-state index is 13.5. The van der Waals surface area contributed by atoms with E-state index in [2.05, 4.69) is 5.32 Å². The Hall–Kier alpha value is -1.84. The zero-order valence-electron chi connectivity index (χ0n) is 9.25. The van der Waals surface area contributed by atoms with Crippen molar-refractivity contribution in [3.8, 4) is 0 Å². The predicted molar refractivity (Wildman–Crippen MR) is 60.9 cm³/mol. The van der Waals surface area contributed by atoms with Crippen molar-refractivity contribution >= 4 is 16.8 Å². The summed E-state index contributed by atoms with van der Waals surface area (Å²) in [5.41, 5.74) is 1.20. The molecule has 0 fully saturated rings. The normalized spacial score (nSPS) is 10.7. The Morgan fingerprint density at radius 2 is 2.25 bits per heavy atom. The van der Waals surface area contributed by atoms with E-state index in [1.165, 1.54) is 6.07 Å². The second-order valence-electron chi connectivity index (χ2n) is 3.62. The van der Waals surface area contributed by atoms with Crippen molar-refractivity contribution in [3.63, 3.8) is 0 Å². The number of nitrogens with zero attached hydrogens (tertiary/aromatic N) is 1. The Balaban J connectivity index is 2.60. The number of hydrogen-bond acceptors (Lipinski definition) is 1. The monoisotopic (exact) mass is 220 g/mol. The van der Waals surface area contributed by atoms with Gasteiger partial charge in [0.05, 0.1) is 5.52 Å². The van der Waals surface area contributed by atoms with Crippen LogP contribution in [0.25, 0.3) is 10.9 Å². The molecule has 0 aliphatic carbocycles. The summed E-state index contributed by atoms with van der Waals surface area (Å²) in [6.07, 6.45) is 0. The highest BCUT2D eigenvalue weighted by molar-refractivity contribution is 5.98. The SMILES string of the molecule is CCNC(=O)c1cc2c(F)cccc2n1C. The van der Waals surface area contributed by atoms with E-state index in [1.807, 2.05) is 6.92 Å². The van der Waals surface area contributed by atoms with Gasteiger partial charge in [-0.3, -0.25) is 4.79 Å². The molecule has 2 rings (SSSR count). The van der Waals surface area contributed by atoms with Gasteiger partial charge in [-0.1, -0.05) is 6.07 Å². The second-order valence-corrected chi connectivity index (χ2v) is 3.62. The third kappa shape index (κ3) is 1.56. The van der Waals surface area contributed by atoms with Gasteiger partial charge in [0.1, 0.15) is 11.5 Å². The van der Waals surface area contributed by atoms with Gasteiger partial charge in [0, 0.05) is 19.0 Å². The molecule has 1 aromatic heterocycles. The van der Waals surface area contributed by atoms with E-state index in [9.17, 15) is 9.18 Å². The molecule has 0 saturated carbocycles. The van der Waals surface area contributed by atoms with Gasteiger partial charge < -0.3 is 9.88 Å². The first-order valence-electron chi connectivity index (χ1n) is 5.17. The van der Waals surface area contributed by atoms with Crippen LogP contribution in [0.2, 0.25) is 0 Å². The number of carbonyl (C=O) groups is 1. The van der Waals surface area contributed by atoms with Crippen molar-refractivity contribution in [3.05, 3.63) is 35.8 Å². The van der Waals surface area contributed by atoms with E-state index in [1.54, 1.807) is 29.8 Å². The zero-order chi connectivity index (χ0) is 11.7. The topological polar surface area (TPSA) is 34.0 Å². The summed E-state index contributed by atoms with van der Waals surface area (Å²) in [4.78, 5) is 11.7. The molecule has 0 aliphatic heterocycles. The van der Waals surface area contributed by atoms with Gasteiger partial charge in [0.25, 0.3) is 5.91 Å². The minimum atomic E-state index is -0.302. The number of benzene rings is 1. The highest BCUT2D eigenvalue weighted by atomic mass is 19.1. The zero-order valence-corrected chi connectivity index (χ0v) is 9.25. The lowest BCUT2D eigenvalue weighted by Crippen LogP contribution is -2.24. The number of aryl methyl sites for hydroxylation is 1. The van der Waals surface area contributed by atoms with E-state index >= 15 is 0 Å². The third-order valence-corrected chi connectivity index (χ3v) is 2.60. The van der Waals surface area contributed by atoms with Crippen LogP contribution in [0.1, 0.15) is 17.4 Å². The second kappa shape index (κ2) is 3.96. The first-order chi connectivity index (χ1) is 7.65. The van der Waals surface area contributed by atoms with Gasteiger partial charge in [-0.05, 0) is 25.1 Å². The number of amides is 1. The van der Waals surface area contributed by atoms with Crippen LogP contribution in [0, 0.1) is 5.82 Å². The number of rotatable bonds is 2. The molecule has 0 unspecified atom stereocenters. The first-order valence-corrected chi connectivity index (χ1v) is 5.17. The van der Waals surface area contributed by atoms with Crippen molar-refractivity contribution in [2.45, 2.75) is 6.92 Å². The smallest absolute Gasteiger partial charge is 0.267 e. The molecule has 0 spiro atoms. The van der Waals surface area contributed by atoms with Crippen LogP contribution >= 0.6 is 0 Å². The van der Waals surface area contributed by atoms with Gasteiger partial charge in [-0.2, -0.15) is 0 Å². The van der Waals surface area contributed by atoms with Gasteiger partial charge in [0.2, 0.25) is 0 Å². The molecule has 0 bridgehead atoms. The van der Waals surface area contributed by atoms with Crippen LogP contribution in [0.4, 0.5) is 4.39 Å². The molecule has 1 N–H and O–H groups in total. The fourth-order valence-electron chi connectivity index (χ4n) is 1.79. The number of nitrogens with one attached hydrogen (secondary N) is 1. The minimum absolute atomic E-state index is 0.180. The molecule has 4 heteroatoms. The molecular weight excluding hydrogens is 207 g/mol.